The normalized spacial score (nSPS) is 16.8. The van der Waals surface area contributed by atoms with Crippen LogP contribution in [0.5, 0.6) is 0 Å². The van der Waals surface area contributed by atoms with E-state index in [4.69, 9.17) is 5.11 Å². The van der Waals surface area contributed by atoms with Crippen LogP contribution in [0.1, 0.15) is 18.4 Å². The van der Waals surface area contributed by atoms with Gasteiger partial charge in [-0.1, -0.05) is 12.1 Å². The first-order chi connectivity index (χ1) is 8.20. The summed E-state index contributed by atoms with van der Waals surface area (Å²) in [5.74, 6) is -0.397. The quantitative estimate of drug-likeness (QED) is 0.762. The molecule has 92 valence electrons. The Morgan fingerprint density at radius 2 is 2.12 bits per heavy atom. The number of nitrogens with one attached hydrogen (secondary N) is 1. The van der Waals surface area contributed by atoms with Crippen molar-refractivity contribution >= 4 is 17.7 Å². The molecule has 1 saturated carbocycles. The van der Waals surface area contributed by atoms with Gasteiger partial charge >= 0.3 is 5.97 Å². The fraction of sp³-hybridized carbons (Fsp3) is 0.462. The SMILES string of the molecule is CSc1ccc(CNC(C(=O)O)C2CC2)cc1. The molecule has 1 aliphatic carbocycles. The van der Waals surface area contributed by atoms with Crippen LogP contribution in [0.4, 0.5) is 0 Å². The van der Waals surface area contributed by atoms with Gasteiger partial charge in [-0.25, -0.2) is 0 Å². The molecule has 4 heteroatoms. The van der Waals surface area contributed by atoms with E-state index in [1.807, 2.05) is 18.4 Å². The maximum Gasteiger partial charge on any atom is 0.320 e. The van der Waals surface area contributed by atoms with Crippen LogP contribution in [0, 0.1) is 5.92 Å². The van der Waals surface area contributed by atoms with E-state index in [1.165, 1.54) is 4.90 Å². The lowest BCUT2D eigenvalue weighted by Crippen LogP contribution is -2.37. The summed E-state index contributed by atoms with van der Waals surface area (Å²) in [6.45, 7) is 0.627. The summed E-state index contributed by atoms with van der Waals surface area (Å²) >= 11 is 1.71. The van der Waals surface area contributed by atoms with Crippen molar-refractivity contribution in [2.75, 3.05) is 6.26 Å². The van der Waals surface area contributed by atoms with E-state index in [2.05, 4.69) is 17.4 Å². The van der Waals surface area contributed by atoms with E-state index < -0.39 is 5.97 Å². The zero-order valence-corrected chi connectivity index (χ0v) is 10.7. The van der Waals surface area contributed by atoms with E-state index in [0.29, 0.717) is 12.5 Å². The number of thioether (sulfide) groups is 1. The standard InChI is InChI=1S/C13H17NO2S/c1-17-11-6-2-9(3-7-11)8-14-12(13(15)16)10-4-5-10/h2-3,6-7,10,12,14H,4-5,8H2,1H3,(H,15,16). The van der Waals surface area contributed by atoms with Gasteiger partial charge in [0.05, 0.1) is 0 Å². The summed E-state index contributed by atoms with van der Waals surface area (Å²) in [5.41, 5.74) is 1.13. The van der Waals surface area contributed by atoms with Gasteiger partial charge in [0, 0.05) is 11.4 Å². The smallest absolute Gasteiger partial charge is 0.320 e. The molecular formula is C13H17NO2S. The Kier molecular flexibility index (Phi) is 4.07. The average Bonchev–Trinajstić information content (AvgIpc) is 3.14. The highest BCUT2D eigenvalue weighted by Gasteiger charge is 2.35. The third kappa shape index (κ3) is 3.48. The van der Waals surface area contributed by atoms with Crippen molar-refractivity contribution in [3.63, 3.8) is 0 Å². The van der Waals surface area contributed by atoms with Gasteiger partial charge in [-0.05, 0) is 42.7 Å². The molecule has 2 N–H and O–H groups in total. The van der Waals surface area contributed by atoms with Gasteiger partial charge in [-0.3, -0.25) is 4.79 Å². The summed E-state index contributed by atoms with van der Waals surface area (Å²) in [5, 5.41) is 12.2. The van der Waals surface area contributed by atoms with Crippen LogP contribution in [0.15, 0.2) is 29.2 Å². The number of carboxylic acid groups (broad SMARTS) is 1. The van der Waals surface area contributed by atoms with E-state index in [0.717, 1.165) is 18.4 Å². The predicted octanol–water partition coefficient (Wildman–Crippen LogP) is 2.36. The summed E-state index contributed by atoms with van der Waals surface area (Å²) in [7, 11) is 0. The Morgan fingerprint density at radius 1 is 1.47 bits per heavy atom. The zero-order valence-electron chi connectivity index (χ0n) is 9.85. The molecule has 0 spiro atoms. The van der Waals surface area contributed by atoms with E-state index in [9.17, 15) is 4.79 Å². The van der Waals surface area contributed by atoms with Crippen LogP contribution in [0.2, 0.25) is 0 Å². The molecule has 1 unspecified atom stereocenters. The highest BCUT2D eigenvalue weighted by molar-refractivity contribution is 7.98. The predicted molar refractivity (Wildman–Crippen MR) is 69.2 cm³/mol. The molecule has 0 radical (unpaired) electrons. The molecule has 0 aliphatic heterocycles. The second kappa shape index (κ2) is 5.56. The minimum atomic E-state index is -0.728. The average molecular weight is 251 g/mol. The molecule has 1 aliphatic rings. The fourth-order valence-electron chi connectivity index (χ4n) is 1.86. The number of hydrogen-bond acceptors (Lipinski definition) is 3. The topological polar surface area (TPSA) is 49.3 Å². The van der Waals surface area contributed by atoms with Crippen LogP contribution >= 0.6 is 11.8 Å². The molecule has 0 saturated heterocycles. The number of carbonyl (C=O) groups is 1. The van der Waals surface area contributed by atoms with Gasteiger partial charge in [0.15, 0.2) is 0 Å². The molecule has 2 rings (SSSR count). The molecule has 0 bridgehead atoms. The first kappa shape index (κ1) is 12.5. The minimum Gasteiger partial charge on any atom is -0.480 e. The van der Waals surface area contributed by atoms with E-state index in [1.54, 1.807) is 11.8 Å². The molecule has 0 aromatic heterocycles. The van der Waals surface area contributed by atoms with Gasteiger partial charge in [-0.15, -0.1) is 11.8 Å². The maximum atomic E-state index is 11.0. The van der Waals surface area contributed by atoms with Gasteiger partial charge in [0.25, 0.3) is 0 Å². The van der Waals surface area contributed by atoms with Crippen molar-refractivity contribution in [3.8, 4) is 0 Å². The van der Waals surface area contributed by atoms with Crippen molar-refractivity contribution < 1.29 is 9.90 Å². The highest BCUT2D eigenvalue weighted by Crippen LogP contribution is 2.32. The fourth-order valence-corrected chi connectivity index (χ4v) is 2.26. The third-order valence-electron chi connectivity index (χ3n) is 3.04. The Bertz CT molecular complexity index is 387. The van der Waals surface area contributed by atoms with Gasteiger partial charge < -0.3 is 10.4 Å². The van der Waals surface area contributed by atoms with Crippen LogP contribution in [0.3, 0.4) is 0 Å². The molecular weight excluding hydrogens is 234 g/mol. The molecule has 1 fully saturated rings. The van der Waals surface area contributed by atoms with Crippen LogP contribution in [-0.2, 0) is 11.3 Å². The number of aliphatic carboxylic acids is 1. The van der Waals surface area contributed by atoms with Crippen LogP contribution in [0.25, 0.3) is 0 Å². The van der Waals surface area contributed by atoms with Gasteiger partial charge in [0.1, 0.15) is 6.04 Å². The van der Waals surface area contributed by atoms with Crippen LogP contribution < -0.4 is 5.32 Å². The van der Waals surface area contributed by atoms with Gasteiger partial charge in [0.2, 0.25) is 0 Å². The maximum absolute atomic E-state index is 11.0. The Morgan fingerprint density at radius 3 is 2.59 bits per heavy atom. The molecule has 1 atom stereocenters. The highest BCUT2D eigenvalue weighted by atomic mass is 32.2. The van der Waals surface area contributed by atoms with E-state index >= 15 is 0 Å². The number of carboxylic acids is 1. The molecule has 0 heterocycles. The summed E-state index contributed by atoms with van der Waals surface area (Å²) in [6, 6.07) is 7.84. The van der Waals surface area contributed by atoms with Crippen molar-refractivity contribution in [1.29, 1.82) is 0 Å². The lowest BCUT2D eigenvalue weighted by molar-refractivity contribution is -0.140. The molecule has 1 aromatic rings. The minimum absolute atomic E-state index is 0.331. The number of benzene rings is 1. The summed E-state index contributed by atoms with van der Waals surface area (Å²) in [6.07, 6.45) is 4.12. The Labute approximate surface area is 106 Å². The lowest BCUT2D eigenvalue weighted by Gasteiger charge is -2.13. The largest absolute Gasteiger partial charge is 0.480 e. The van der Waals surface area contributed by atoms with Crippen LogP contribution in [-0.4, -0.2) is 23.4 Å². The first-order valence-electron chi connectivity index (χ1n) is 5.80. The Hall–Kier alpha value is -1.00. The molecule has 0 amide bonds. The summed E-state index contributed by atoms with van der Waals surface area (Å²) in [4.78, 5) is 12.3. The first-order valence-corrected chi connectivity index (χ1v) is 7.02. The van der Waals surface area contributed by atoms with Gasteiger partial charge in [-0.2, -0.15) is 0 Å². The third-order valence-corrected chi connectivity index (χ3v) is 3.79. The summed E-state index contributed by atoms with van der Waals surface area (Å²) < 4.78 is 0. The van der Waals surface area contributed by atoms with Crippen molar-refractivity contribution in [3.05, 3.63) is 29.8 Å². The molecule has 3 nitrogen and oxygen atoms in total. The van der Waals surface area contributed by atoms with Crippen molar-refractivity contribution in [2.24, 2.45) is 5.92 Å². The Balaban J connectivity index is 1.89. The zero-order chi connectivity index (χ0) is 12.3. The second-order valence-electron chi connectivity index (χ2n) is 4.38. The number of hydrogen-bond donors (Lipinski definition) is 2. The molecule has 1 aromatic carbocycles. The second-order valence-corrected chi connectivity index (χ2v) is 5.26. The van der Waals surface area contributed by atoms with Crippen molar-refractivity contribution in [2.45, 2.75) is 30.3 Å². The lowest BCUT2D eigenvalue weighted by atomic mass is 10.1. The number of rotatable bonds is 6. The monoisotopic (exact) mass is 251 g/mol. The van der Waals surface area contributed by atoms with Crippen molar-refractivity contribution in [1.82, 2.24) is 5.32 Å². The van der Waals surface area contributed by atoms with E-state index in [-0.39, 0.29) is 6.04 Å². The molecule has 17 heavy (non-hydrogen) atoms.